The van der Waals surface area contributed by atoms with Gasteiger partial charge >= 0.3 is 0 Å². The number of amides is 1. The van der Waals surface area contributed by atoms with Crippen LogP contribution < -0.4 is 5.73 Å². The third-order valence-electron chi connectivity index (χ3n) is 5.96. The zero-order chi connectivity index (χ0) is 24.5. The SMILES string of the molecule is CCN(CC)CCn1cc(-c2cnc3c(c2)c(C(N)=O)cn3S(=O)(=O)c2ccc(C)cc2)cn1. The molecule has 1 amide bonds. The summed E-state index contributed by atoms with van der Waals surface area (Å²) < 4.78 is 29.4. The maximum atomic E-state index is 13.3. The number of carbonyl (C=O) groups is 1. The van der Waals surface area contributed by atoms with Gasteiger partial charge in [-0.05, 0) is 38.2 Å². The van der Waals surface area contributed by atoms with E-state index in [1.54, 1.807) is 30.6 Å². The molecule has 0 aliphatic carbocycles. The van der Waals surface area contributed by atoms with Gasteiger partial charge in [-0.1, -0.05) is 31.5 Å². The summed E-state index contributed by atoms with van der Waals surface area (Å²) in [4.78, 5) is 19.0. The van der Waals surface area contributed by atoms with Crippen LogP contribution in [0.15, 0.2) is 60.0 Å². The minimum atomic E-state index is -3.96. The number of pyridine rings is 1. The van der Waals surface area contributed by atoms with Gasteiger partial charge in [0.15, 0.2) is 5.65 Å². The standard InChI is InChI=1S/C24H28N6O3S/c1-4-28(5-2)10-11-29-15-19(14-27-29)18-12-21-22(23(25)31)16-30(24(21)26-13-18)34(32,33)20-8-6-17(3)7-9-20/h6-9,12-16H,4-5,10-11H2,1-3H3,(H2,25,31). The second kappa shape index (κ2) is 9.40. The number of aromatic nitrogens is 4. The summed E-state index contributed by atoms with van der Waals surface area (Å²) in [7, 11) is -3.96. The van der Waals surface area contributed by atoms with Crippen molar-refractivity contribution in [1.29, 1.82) is 0 Å². The summed E-state index contributed by atoms with van der Waals surface area (Å²) in [6.45, 7) is 9.71. The van der Waals surface area contributed by atoms with E-state index in [-0.39, 0.29) is 16.1 Å². The fraction of sp³-hybridized carbons (Fsp3) is 0.292. The molecule has 0 saturated heterocycles. The molecule has 3 heterocycles. The predicted molar refractivity (Wildman–Crippen MR) is 131 cm³/mol. The molecule has 4 aromatic rings. The van der Waals surface area contributed by atoms with Gasteiger partial charge in [-0.15, -0.1) is 0 Å². The number of hydrogen-bond acceptors (Lipinski definition) is 6. The van der Waals surface area contributed by atoms with Crippen molar-refractivity contribution >= 4 is 27.0 Å². The second-order valence-corrected chi connectivity index (χ2v) is 9.95. The van der Waals surface area contributed by atoms with Gasteiger partial charge in [0.05, 0.1) is 23.2 Å². The summed E-state index contributed by atoms with van der Waals surface area (Å²) in [5.41, 5.74) is 8.30. The van der Waals surface area contributed by atoms with Crippen molar-refractivity contribution < 1.29 is 13.2 Å². The van der Waals surface area contributed by atoms with Crippen molar-refractivity contribution in [2.45, 2.75) is 32.2 Å². The van der Waals surface area contributed by atoms with Crippen LogP contribution in [-0.2, 0) is 16.6 Å². The molecule has 0 fully saturated rings. The van der Waals surface area contributed by atoms with E-state index in [9.17, 15) is 13.2 Å². The Balaban J connectivity index is 1.73. The molecule has 2 N–H and O–H groups in total. The summed E-state index contributed by atoms with van der Waals surface area (Å²) in [6, 6.07) is 8.23. The van der Waals surface area contributed by atoms with E-state index in [0.717, 1.165) is 46.8 Å². The average molecular weight is 481 g/mol. The van der Waals surface area contributed by atoms with E-state index in [2.05, 4.69) is 28.8 Å². The van der Waals surface area contributed by atoms with Gasteiger partial charge in [0.2, 0.25) is 0 Å². The van der Waals surface area contributed by atoms with Gasteiger partial charge in [0, 0.05) is 41.6 Å². The molecular weight excluding hydrogens is 452 g/mol. The van der Waals surface area contributed by atoms with Crippen LogP contribution in [0.5, 0.6) is 0 Å². The summed E-state index contributed by atoms with van der Waals surface area (Å²) in [6.07, 6.45) is 6.47. The number of likely N-dealkylation sites (N-methyl/N-ethyl adjacent to an activating group) is 1. The fourth-order valence-corrected chi connectivity index (χ4v) is 5.18. The molecule has 178 valence electrons. The first-order chi connectivity index (χ1) is 16.2. The fourth-order valence-electron chi connectivity index (χ4n) is 3.86. The molecular formula is C24H28N6O3S. The highest BCUT2D eigenvalue weighted by atomic mass is 32.2. The number of fused-ring (bicyclic) bond motifs is 1. The molecule has 0 unspecified atom stereocenters. The average Bonchev–Trinajstić information content (AvgIpc) is 3.45. The molecule has 0 atom stereocenters. The van der Waals surface area contributed by atoms with E-state index in [4.69, 9.17) is 5.73 Å². The van der Waals surface area contributed by atoms with Crippen LogP contribution >= 0.6 is 0 Å². The van der Waals surface area contributed by atoms with E-state index in [0.29, 0.717) is 5.39 Å². The van der Waals surface area contributed by atoms with Crippen LogP contribution in [0.25, 0.3) is 22.2 Å². The molecule has 34 heavy (non-hydrogen) atoms. The van der Waals surface area contributed by atoms with Gasteiger partial charge in [-0.2, -0.15) is 5.10 Å². The van der Waals surface area contributed by atoms with Crippen LogP contribution in [0.2, 0.25) is 0 Å². The molecule has 0 saturated carbocycles. The lowest BCUT2D eigenvalue weighted by molar-refractivity contribution is 0.100. The first kappa shape index (κ1) is 23.7. The van der Waals surface area contributed by atoms with Crippen molar-refractivity contribution in [2.24, 2.45) is 5.73 Å². The quantitative estimate of drug-likeness (QED) is 0.394. The normalized spacial score (nSPS) is 12.0. The monoisotopic (exact) mass is 480 g/mol. The number of rotatable bonds is 9. The Morgan fingerprint density at radius 3 is 2.41 bits per heavy atom. The van der Waals surface area contributed by atoms with Crippen molar-refractivity contribution in [1.82, 2.24) is 23.6 Å². The summed E-state index contributed by atoms with van der Waals surface area (Å²) >= 11 is 0. The van der Waals surface area contributed by atoms with E-state index < -0.39 is 15.9 Å². The minimum Gasteiger partial charge on any atom is -0.366 e. The topological polar surface area (TPSA) is 116 Å². The minimum absolute atomic E-state index is 0.0916. The third kappa shape index (κ3) is 4.46. The van der Waals surface area contributed by atoms with Gasteiger partial charge in [0.1, 0.15) is 0 Å². The molecule has 10 heteroatoms. The van der Waals surface area contributed by atoms with Gasteiger partial charge in [-0.3, -0.25) is 9.48 Å². The molecule has 9 nitrogen and oxygen atoms in total. The largest absolute Gasteiger partial charge is 0.366 e. The highest BCUT2D eigenvalue weighted by molar-refractivity contribution is 7.90. The molecule has 0 radical (unpaired) electrons. The molecule has 3 aromatic heterocycles. The highest BCUT2D eigenvalue weighted by Crippen LogP contribution is 2.29. The predicted octanol–water partition coefficient (Wildman–Crippen LogP) is 2.89. The van der Waals surface area contributed by atoms with Gasteiger partial charge < -0.3 is 10.6 Å². The number of carbonyl (C=O) groups excluding carboxylic acids is 1. The highest BCUT2D eigenvalue weighted by Gasteiger charge is 2.24. The first-order valence-electron chi connectivity index (χ1n) is 11.1. The Labute approximate surface area is 198 Å². The summed E-state index contributed by atoms with van der Waals surface area (Å²) in [5, 5.41) is 4.80. The van der Waals surface area contributed by atoms with Crippen LogP contribution in [0, 0.1) is 6.92 Å². The van der Waals surface area contributed by atoms with Crippen molar-refractivity contribution in [2.75, 3.05) is 19.6 Å². The summed E-state index contributed by atoms with van der Waals surface area (Å²) in [5.74, 6) is -0.725. The maximum Gasteiger partial charge on any atom is 0.269 e. The number of benzene rings is 1. The Morgan fingerprint density at radius 2 is 1.76 bits per heavy atom. The lowest BCUT2D eigenvalue weighted by Crippen LogP contribution is -2.27. The van der Waals surface area contributed by atoms with Crippen molar-refractivity contribution in [3.05, 3.63) is 66.2 Å². The second-order valence-electron chi connectivity index (χ2n) is 8.14. The van der Waals surface area contributed by atoms with Crippen LogP contribution in [0.4, 0.5) is 0 Å². The number of hydrogen-bond donors (Lipinski definition) is 1. The molecule has 0 aliphatic rings. The maximum absolute atomic E-state index is 13.3. The number of primary amides is 1. The molecule has 0 aliphatic heterocycles. The van der Waals surface area contributed by atoms with E-state index >= 15 is 0 Å². The molecule has 1 aromatic carbocycles. The van der Waals surface area contributed by atoms with Crippen LogP contribution in [0.3, 0.4) is 0 Å². The van der Waals surface area contributed by atoms with Crippen molar-refractivity contribution in [3.8, 4) is 11.1 Å². The van der Waals surface area contributed by atoms with Crippen LogP contribution in [0.1, 0.15) is 29.8 Å². The van der Waals surface area contributed by atoms with Gasteiger partial charge in [0.25, 0.3) is 15.9 Å². The number of nitrogens with zero attached hydrogens (tertiary/aromatic N) is 5. The molecule has 0 spiro atoms. The first-order valence-corrected chi connectivity index (χ1v) is 12.6. The molecule has 4 rings (SSSR count). The Kier molecular flexibility index (Phi) is 6.54. The van der Waals surface area contributed by atoms with Gasteiger partial charge in [-0.25, -0.2) is 17.4 Å². The number of aryl methyl sites for hydroxylation is 1. The zero-order valence-electron chi connectivity index (χ0n) is 19.5. The van der Waals surface area contributed by atoms with Crippen LogP contribution in [-0.4, -0.2) is 57.6 Å². The lowest BCUT2D eigenvalue weighted by atomic mass is 10.1. The van der Waals surface area contributed by atoms with E-state index in [1.807, 2.05) is 17.8 Å². The zero-order valence-corrected chi connectivity index (χ0v) is 20.3. The van der Waals surface area contributed by atoms with E-state index in [1.165, 1.54) is 18.3 Å². The lowest BCUT2D eigenvalue weighted by Gasteiger charge is -2.17. The Morgan fingerprint density at radius 1 is 1.06 bits per heavy atom. The third-order valence-corrected chi connectivity index (χ3v) is 7.63. The Bertz CT molecular complexity index is 1430. The van der Waals surface area contributed by atoms with Crippen molar-refractivity contribution in [3.63, 3.8) is 0 Å². The smallest absolute Gasteiger partial charge is 0.269 e. The molecule has 0 bridgehead atoms. The number of nitrogens with two attached hydrogens (primary N) is 1. The Hall–Kier alpha value is -3.50.